The van der Waals surface area contributed by atoms with E-state index >= 15 is 0 Å². The van der Waals surface area contributed by atoms with Gasteiger partial charge in [0.2, 0.25) is 0 Å². The number of halogens is 3. The van der Waals surface area contributed by atoms with Crippen molar-refractivity contribution < 1.29 is 32.5 Å². The van der Waals surface area contributed by atoms with E-state index in [9.17, 15) is 18.0 Å². The Morgan fingerprint density at radius 1 is 1.45 bits per heavy atom. The maximum Gasteiger partial charge on any atom is 0.416 e. The Hall–Kier alpha value is -1.68. The number of aliphatic hydroxyl groups is 1. The summed E-state index contributed by atoms with van der Waals surface area (Å²) in [5.41, 5.74) is -0.119. The molecule has 1 aromatic rings. The van der Waals surface area contributed by atoms with E-state index in [0.717, 1.165) is 4.68 Å². The third-order valence-corrected chi connectivity index (χ3v) is 2.42. The third kappa shape index (κ3) is 4.17. The fourth-order valence-electron chi connectivity index (χ4n) is 1.28. The first-order valence-corrected chi connectivity index (χ1v) is 5.58. The first-order chi connectivity index (χ1) is 9.27. The fourth-order valence-corrected chi connectivity index (χ4v) is 1.28. The van der Waals surface area contributed by atoms with Crippen molar-refractivity contribution in [1.82, 2.24) is 15.0 Å². The van der Waals surface area contributed by atoms with E-state index in [1.807, 2.05) is 0 Å². The molecule has 1 N–H and O–H groups in total. The molecule has 0 fully saturated rings. The van der Waals surface area contributed by atoms with Crippen LogP contribution in [-0.2, 0) is 16.0 Å². The van der Waals surface area contributed by atoms with Crippen LogP contribution in [0.5, 0.6) is 0 Å². The normalized spacial score (nSPS) is 13.3. The highest BCUT2D eigenvalue weighted by Gasteiger charge is 2.39. The van der Waals surface area contributed by atoms with E-state index in [0.29, 0.717) is 0 Å². The number of aromatic nitrogens is 3. The van der Waals surface area contributed by atoms with Crippen molar-refractivity contribution in [1.29, 1.82) is 0 Å². The Kier molecular flexibility index (Phi) is 5.45. The predicted octanol–water partition coefficient (Wildman–Crippen LogP) is 0.313. The minimum atomic E-state index is -4.77. The SMILES string of the molecule is COCCOC(=O)c1nnn(CC(O)C(F)(F)F)c1C. The predicted molar refractivity (Wildman–Crippen MR) is 59.0 cm³/mol. The second kappa shape index (κ2) is 6.66. The molecule has 1 rings (SSSR count). The van der Waals surface area contributed by atoms with Gasteiger partial charge in [-0.1, -0.05) is 5.21 Å². The molecule has 1 unspecified atom stereocenters. The Labute approximate surface area is 112 Å². The zero-order chi connectivity index (χ0) is 15.3. The Balaban J connectivity index is 2.72. The van der Waals surface area contributed by atoms with Gasteiger partial charge >= 0.3 is 12.1 Å². The molecule has 0 radical (unpaired) electrons. The van der Waals surface area contributed by atoms with E-state index in [2.05, 4.69) is 15.0 Å². The second-order valence-corrected chi connectivity index (χ2v) is 3.89. The van der Waals surface area contributed by atoms with Crippen molar-refractivity contribution in [2.45, 2.75) is 25.7 Å². The molecule has 1 heterocycles. The summed E-state index contributed by atoms with van der Waals surface area (Å²) in [6, 6.07) is 0. The number of ether oxygens (including phenoxy) is 2. The average molecular weight is 297 g/mol. The Bertz CT molecular complexity index is 461. The van der Waals surface area contributed by atoms with Gasteiger partial charge in [0.25, 0.3) is 0 Å². The molecule has 10 heteroatoms. The molecule has 0 amide bonds. The number of alkyl halides is 3. The van der Waals surface area contributed by atoms with Crippen LogP contribution in [0.2, 0.25) is 0 Å². The monoisotopic (exact) mass is 297 g/mol. The number of aliphatic hydroxyl groups excluding tert-OH is 1. The highest BCUT2D eigenvalue weighted by atomic mass is 19.4. The van der Waals surface area contributed by atoms with Crippen LogP contribution in [-0.4, -0.2) is 58.7 Å². The number of carbonyl (C=O) groups excluding carboxylic acids is 1. The first kappa shape index (κ1) is 16.4. The maximum atomic E-state index is 12.2. The van der Waals surface area contributed by atoms with Crippen molar-refractivity contribution in [2.75, 3.05) is 20.3 Å². The number of carbonyl (C=O) groups is 1. The van der Waals surface area contributed by atoms with Crippen molar-refractivity contribution >= 4 is 5.97 Å². The van der Waals surface area contributed by atoms with Crippen LogP contribution >= 0.6 is 0 Å². The van der Waals surface area contributed by atoms with Crippen LogP contribution in [0.1, 0.15) is 16.2 Å². The van der Waals surface area contributed by atoms with Gasteiger partial charge in [-0.25, -0.2) is 9.48 Å². The fraction of sp³-hybridized carbons (Fsp3) is 0.700. The summed E-state index contributed by atoms with van der Waals surface area (Å²) in [6.07, 6.45) is -7.35. The second-order valence-electron chi connectivity index (χ2n) is 3.89. The summed E-state index contributed by atoms with van der Waals surface area (Å²) >= 11 is 0. The van der Waals surface area contributed by atoms with Gasteiger partial charge in [0.1, 0.15) is 6.61 Å². The van der Waals surface area contributed by atoms with E-state index in [1.165, 1.54) is 14.0 Å². The van der Waals surface area contributed by atoms with Crippen molar-refractivity contribution in [3.8, 4) is 0 Å². The van der Waals surface area contributed by atoms with Gasteiger partial charge in [-0.15, -0.1) is 5.10 Å². The van der Waals surface area contributed by atoms with Crippen molar-refractivity contribution in [3.63, 3.8) is 0 Å². The summed E-state index contributed by atoms with van der Waals surface area (Å²) in [4.78, 5) is 11.6. The topological polar surface area (TPSA) is 86.5 Å². The van der Waals surface area contributed by atoms with Gasteiger partial charge in [-0.3, -0.25) is 0 Å². The zero-order valence-electron chi connectivity index (χ0n) is 10.8. The van der Waals surface area contributed by atoms with Crippen LogP contribution in [0.15, 0.2) is 0 Å². The molecule has 1 aromatic heterocycles. The molecule has 0 bridgehead atoms. The molecule has 0 aliphatic heterocycles. The lowest BCUT2D eigenvalue weighted by Gasteiger charge is -2.14. The number of methoxy groups -OCH3 is 1. The van der Waals surface area contributed by atoms with Crippen LogP contribution < -0.4 is 0 Å². The summed E-state index contributed by atoms with van der Waals surface area (Å²) in [7, 11) is 1.42. The van der Waals surface area contributed by atoms with Gasteiger partial charge in [0.15, 0.2) is 11.8 Å². The molecule has 0 saturated carbocycles. The first-order valence-electron chi connectivity index (χ1n) is 5.58. The van der Waals surface area contributed by atoms with Crippen LogP contribution in [0.3, 0.4) is 0 Å². The van der Waals surface area contributed by atoms with Gasteiger partial charge in [0.05, 0.1) is 18.8 Å². The molecule has 20 heavy (non-hydrogen) atoms. The minimum absolute atomic E-state index is 0.00713. The summed E-state index contributed by atoms with van der Waals surface area (Å²) in [6.45, 7) is 0.697. The number of esters is 1. The maximum absolute atomic E-state index is 12.2. The van der Waals surface area contributed by atoms with E-state index in [1.54, 1.807) is 0 Å². The van der Waals surface area contributed by atoms with Crippen molar-refractivity contribution in [2.24, 2.45) is 0 Å². The van der Waals surface area contributed by atoms with Crippen LogP contribution in [0.25, 0.3) is 0 Å². The number of nitrogens with zero attached hydrogens (tertiary/aromatic N) is 3. The van der Waals surface area contributed by atoms with E-state index in [-0.39, 0.29) is 24.6 Å². The highest BCUT2D eigenvalue weighted by Crippen LogP contribution is 2.21. The van der Waals surface area contributed by atoms with Gasteiger partial charge in [-0.05, 0) is 6.92 Å². The quantitative estimate of drug-likeness (QED) is 0.601. The zero-order valence-corrected chi connectivity index (χ0v) is 10.8. The largest absolute Gasteiger partial charge is 0.458 e. The van der Waals surface area contributed by atoms with Crippen molar-refractivity contribution in [3.05, 3.63) is 11.4 Å². The molecule has 0 saturated heterocycles. The molecule has 0 aromatic carbocycles. The smallest absolute Gasteiger partial charge is 0.416 e. The molecular formula is C10H14F3N3O4. The number of hydrogen-bond acceptors (Lipinski definition) is 6. The van der Waals surface area contributed by atoms with Gasteiger partial charge in [0, 0.05) is 7.11 Å². The lowest BCUT2D eigenvalue weighted by atomic mass is 10.3. The van der Waals surface area contributed by atoms with E-state index < -0.39 is 24.8 Å². The molecule has 0 spiro atoms. The molecule has 7 nitrogen and oxygen atoms in total. The summed E-state index contributed by atoms with van der Waals surface area (Å²) in [5, 5.41) is 15.8. The highest BCUT2D eigenvalue weighted by molar-refractivity contribution is 5.88. The van der Waals surface area contributed by atoms with Crippen LogP contribution in [0.4, 0.5) is 13.2 Å². The third-order valence-electron chi connectivity index (χ3n) is 2.42. The Morgan fingerprint density at radius 2 is 2.10 bits per heavy atom. The lowest BCUT2D eigenvalue weighted by Crippen LogP contribution is -2.33. The molecule has 1 atom stereocenters. The number of rotatable bonds is 6. The minimum Gasteiger partial charge on any atom is -0.458 e. The number of hydrogen-bond donors (Lipinski definition) is 1. The van der Waals surface area contributed by atoms with Gasteiger partial charge < -0.3 is 14.6 Å². The lowest BCUT2D eigenvalue weighted by molar-refractivity contribution is -0.208. The van der Waals surface area contributed by atoms with E-state index in [4.69, 9.17) is 9.84 Å². The van der Waals surface area contributed by atoms with Crippen LogP contribution in [0, 0.1) is 6.92 Å². The molecular weight excluding hydrogens is 283 g/mol. The Morgan fingerprint density at radius 3 is 2.65 bits per heavy atom. The average Bonchev–Trinajstić information content (AvgIpc) is 2.70. The molecule has 114 valence electrons. The molecule has 0 aliphatic rings. The summed E-state index contributed by atoms with van der Waals surface area (Å²) in [5.74, 6) is -0.813. The standard InChI is InChI=1S/C10H14F3N3O4/c1-6-8(9(18)20-4-3-19-2)14-15-16(6)5-7(17)10(11,12)13/h7,17H,3-5H2,1-2H3. The van der Waals surface area contributed by atoms with Gasteiger partial charge in [-0.2, -0.15) is 13.2 Å². The summed E-state index contributed by atoms with van der Waals surface area (Å²) < 4.78 is 46.9. The molecule has 0 aliphatic carbocycles.